The predicted octanol–water partition coefficient (Wildman–Crippen LogP) is 6.44. The maximum atomic E-state index is 13.7. The van der Waals surface area contributed by atoms with Crippen molar-refractivity contribution in [1.82, 2.24) is 5.32 Å². The number of aliphatic hydroxyl groups is 2. The molecule has 0 aliphatic carbocycles. The number of esters is 2. The smallest absolute Gasteiger partial charge is 0.691 e. The molecule has 0 spiro atoms. The normalized spacial score (nSPS) is 18.7. The first-order chi connectivity index (χ1) is 31.3. The number of carbonyl (C=O) groups is 3. The number of nitrogens with one attached hydrogen (secondary N) is 1. The molecule has 0 bridgehead atoms. The van der Waals surface area contributed by atoms with Crippen molar-refractivity contribution in [2.75, 3.05) is 6.61 Å². The second-order valence-corrected chi connectivity index (χ2v) is 17.7. The van der Waals surface area contributed by atoms with Gasteiger partial charge in [-0.3, -0.25) is 23.6 Å². The van der Waals surface area contributed by atoms with Gasteiger partial charge in [-0.2, -0.15) is 0 Å². The van der Waals surface area contributed by atoms with Crippen LogP contribution in [0.2, 0.25) is 0 Å². The summed E-state index contributed by atoms with van der Waals surface area (Å²) in [6, 6.07) is 19.5. The second-order valence-electron chi connectivity index (χ2n) is 17.2. The van der Waals surface area contributed by atoms with Gasteiger partial charge >= 0.3 is 41.5 Å². The van der Waals surface area contributed by atoms with Crippen LogP contribution in [0.3, 0.4) is 0 Å². The zero-order valence-electron chi connectivity index (χ0n) is 39.4. The second kappa shape index (κ2) is 38.8. The fourth-order valence-corrected chi connectivity index (χ4v) is 8.62. The van der Waals surface area contributed by atoms with Gasteiger partial charge in [-0.1, -0.05) is 170 Å². The first-order valence-electron chi connectivity index (χ1n) is 24.3. The number of amides is 1. The summed E-state index contributed by atoms with van der Waals surface area (Å²) in [6.07, 6.45) is 18.2. The molecule has 1 saturated heterocycles. The molecule has 2 aromatic rings. The first kappa shape index (κ1) is 59.0. The van der Waals surface area contributed by atoms with Crippen molar-refractivity contribution in [2.45, 2.75) is 217 Å². The van der Waals surface area contributed by atoms with E-state index in [4.69, 9.17) is 18.4 Å². The minimum absolute atomic E-state index is 0. The van der Waals surface area contributed by atoms with Gasteiger partial charge in [0.1, 0.15) is 24.4 Å². The molecule has 0 saturated carbocycles. The van der Waals surface area contributed by atoms with Crippen LogP contribution in [0.5, 0.6) is 0 Å². The zero-order valence-corrected chi connectivity index (χ0v) is 42.2. The molecule has 1 fully saturated rings. The molecule has 0 aromatic heterocycles. The van der Waals surface area contributed by atoms with E-state index in [1.807, 2.05) is 24.3 Å². The Bertz CT molecular complexity index is 1480. The summed E-state index contributed by atoms with van der Waals surface area (Å²) < 4.78 is 27.2. The Kier molecular flexibility index (Phi) is 35.3. The number of unbranched alkanes of at least 4 members (excludes halogenated alkanes) is 18. The summed E-state index contributed by atoms with van der Waals surface area (Å²) in [5.41, 5.74) is 2.68. The quantitative estimate of drug-likeness (QED) is 0.0167. The summed E-state index contributed by atoms with van der Waals surface area (Å²) in [4.78, 5) is 40.1. The van der Waals surface area contributed by atoms with Gasteiger partial charge in [0.2, 0.25) is 5.91 Å². The number of aryl methyl sites for hydroxylation is 2. The largest absolute Gasteiger partial charge is 1.00 e. The number of aliphatic hydroxyl groups excluding tert-OH is 2. The molecular weight excluding hydrogens is 862 g/mol. The molecule has 15 heteroatoms. The van der Waals surface area contributed by atoms with Crippen LogP contribution >= 0.6 is 12.3 Å². The summed E-state index contributed by atoms with van der Waals surface area (Å²) in [5, 5.41) is 37.9. The van der Waals surface area contributed by atoms with Gasteiger partial charge in [0.15, 0.2) is 24.7 Å². The van der Waals surface area contributed by atoms with Gasteiger partial charge in [0, 0.05) is 12.8 Å². The van der Waals surface area contributed by atoms with Gasteiger partial charge < -0.3 is 35.0 Å². The monoisotopic (exact) mass is 940 g/mol. The van der Waals surface area contributed by atoms with Crippen molar-refractivity contribution < 1.29 is 87.2 Å². The average Bonchev–Trinajstić information content (AvgIpc) is 3.30. The standard InChI is InChI=1S/C50H79NO12S.Na/c1-2-3-4-5-6-7-8-15-26-35-42(58-45(54)36-27-16-11-9-13-20-29-40-31-22-18-23-32-40)38-44(53)51-47-49(48(61-64-63-62-57)43(39-52)59-50(47)56)60-46(55)37-28-17-12-10-14-21-30-41-33-24-19-25-34-41;/h18-19,22-25,31-34,42-43,47-50,52,56-57H,2-17,20-21,26-30,35-39H2,1H3,(H,51,53);/q;+1/p-1/t42-,43+,47+,48+,49+,50?;/m0./s1. The van der Waals surface area contributed by atoms with E-state index in [9.17, 15) is 29.9 Å². The topological polar surface area (TPSA) is 182 Å². The van der Waals surface area contributed by atoms with Crippen LogP contribution in [0.4, 0.5) is 0 Å². The van der Waals surface area contributed by atoms with Crippen molar-refractivity contribution >= 4 is 30.2 Å². The van der Waals surface area contributed by atoms with Crippen LogP contribution in [-0.2, 0) is 55.0 Å². The third kappa shape index (κ3) is 27.5. The number of ether oxygens (including phenoxy) is 3. The SMILES string of the molecule is CCCCCCCCCCC[C@@H](CC(=O)N[C@H]1C(O)O[C@H](CO)[C@@H](OSOO[O-])[C@@H]1OC(=O)CCCCCCCCc1ccccc1)OC(=O)CCCCCCCCc1ccccc1.[Na+]. The third-order valence-electron chi connectivity index (χ3n) is 11.9. The molecule has 362 valence electrons. The van der Waals surface area contributed by atoms with Crippen molar-refractivity contribution in [3.8, 4) is 0 Å². The van der Waals surface area contributed by atoms with Crippen LogP contribution in [0.25, 0.3) is 0 Å². The Morgan fingerprint density at radius 1 is 0.692 bits per heavy atom. The Morgan fingerprint density at radius 3 is 1.71 bits per heavy atom. The molecule has 1 heterocycles. The van der Waals surface area contributed by atoms with Crippen molar-refractivity contribution in [3.05, 3.63) is 71.8 Å². The van der Waals surface area contributed by atoms with Gasteiger partial charge in [-0.25, -0.2) is 0 Å². The van der Waals surface area contributed by atoms with E-state index in [0.717, 1.165) is 103 Å². The van der Waals surface area contributed by atoms with Gasteiger partial charge in [-0.15, -0.1) is 4.33 Å². The Labute approximate surface area is 415 Å². The molecule has 65 heavy (non-hydrogen) atoms. The fraction of sp³-hybridized carbons (Fsp3) is 0.700. The predicted molar refractivity (Wildman–Crippen MR) is 246 cm³/mol. The average molecular weight is 940 g/mol. The molecule has 1 aliphatic heterocycles. The molecule has 0 radical (unpaired) electrons. The van der Waals surface area contributed by atoms with E-state index >= 15 is 0 Å². The van der Waals surface area contributed by atoms with E-state index in [-0.39, 0.29) is 67.1 Å². The molecule has 13 nitrogen and oxygen atoms in total. The maximum Gasteiger partial charge on any atom is 1.00 e. The molecule has 3 rings (SSSR count). The van der Waals surface area contributed by atoms with Crippen molar-refractivity contribution in [1.29, 1.82) is 0 Å². The van der Waals surface area contributed by atoms with Gasteiger partial charge in [0.05, 0.1) is 13.0 Å². The van der Waals surface area contributed by atoms with Crippen LogP contribution in [0.15, 0.2) is 60.7 Å². The summed E-state index contributed by atoms with van der Waals surface area (Å²) >= 11 is 0.141. The number of hydrogen-bond donors (Lipinski definition) is 3. The summed E-state index contributed by atoms with van der Waals surface area (Å²) in [6.45, 7) is 1.56. The van der Waals surface area contributed by atoms with E-state index in [2.05, 4.69) is 58.0 Å². The van der Waals surface area contributed by atoms with E-state index < -0.39 is 55.2 Å². The van der Waals surface area contributed by atoms with Crippen LogP contribution in [0, 0.1) is 0 Å². The molecule has 1 amide bonds. The Morgan fingerprint density at radius 2 is 1.18 bits per heavy atom. The summed E-state index contributed by atoms with van der Waals surface area (Å²) in [7, 11) is 0. The Hall–Kier alpha value is -2.08. The minimum atomic E-state index is -1.70. The minimum Gasteiger partial charge on any atom is -0.691 e. The first-order valence-corrected chi connectivity index (χ1v) is 25.0. The van der Waals surface area contributed by atoms with Crippen LogP contribution < -0.4 is 40.1 Å². The Balaban J connectivity index is 0.0000145. The van der Waals surface area contributed by atoms with E-state index in [1.165, 1.54) is 43.2 Å². The van der Waals surface area contributed by atoms with E-state index in [0.29, 0.717) is 19.3 Å². The third-order valence-corrected chi connectivity index (χ3v) is 12.3. The number of hydrogen-bond acceptors (Lipinski definition) is 13. The van der Waals surface area contributed by atoms with Crippen molar-refractivity contribution in [2.24, 2.45) is 0 Å². The fourth-order valence-electron chi connectivity index (χ4n) is 8.24. The van der Waals surface area contributed by atoms with Crippen LogP contribution in [0.1, 0.15) is 179 Å². The molecule has 6 atom stereocenters. The molecular formula is C50H78NNaO12S. The molecule has 3 N–H and O–H groups in total. The van der Waals surface area contributed by atoms with Gasteiger partial charge in [-0.05, 0) is 62.5 Å². The molecule has 2 aromatic carbocycles. The van der Waals surface area contributed by atoms with Crippen molar-refractivity contribution in [3.63, 3.8) is 0 Å². The number of carbonyl (C=O) groups excluding carboxylic acids is 3. The van der Waals surface area contributed by atoms with Crippen LogP contribution in [-0.4, -0.2) is 71.4 Å². The maximum absolute atomic E-state index is 13.7. The van der Waals surface area contributed by atoms with Gasteiger partial charge in [0.25, 0.3) is 0 Å². The zero-order chi connectivity index (χ0) is 45.9. The number of benzene rings is 2. The molecule has 1 aliphatic rings. The number of rotatable bonds is 38. The molecule has 1 unspecified atom stereocenters. The van der Waals surface area contributed by atoms with E-state index in [1.54, 1.807) is 0 Å². The summed E-state index contributed by atoms with van der Waals surface area (Å²) in [5.74, 6) is -1.50.